The van der Waals surface area contributed by atoms with Crippen molar-refractivity contribution in [3.8, 4) is 5.75 Å². The summed E-state index contributed by atoms with van der Waals surface area (Å²) < 4.78 is 5.97. The number of amides is 1. The highest BCUT2D eigenvalue weighted by molar-refractivity contribution is 14.0. The number of carbonyl (C=O) groups excluding carboxylic acids is 1. The van der Waals surface area contributed by atoms with E-state index in [1.54, 1.807) is 0 Å². The first-order valence-corrected chi connectivity index (χ1v) is 10.9. The number of guanidine groups is 1. The summed E-state index contributed by atoms with van der Waals surface area (Å²) >= 11 is 0. The third kappa shape index (κ3) is 7.61. The number of hydrogen-bond donors (Lipinski definition) is 3. The first-order valence-electron chi connectivity index (χ1n) is 10.9. The van der Waals surface area contributed by atoms with E-state index in [1.165, 1.54) is 5.56 Å². The Bertz CT molecular complexity index is 667. The highest BCUT2D eigenvalue weighted by Gasteiger charge is 2.23. The van der Waals surface area contributed by atoms with Gasteiger partial charge in [-0.2, -0.15) is 0 Å². The monoisotopic (exact) mass is 529 g/mol. The van der Waals surface area contributed by atoms with Gasteiger partial charge in [0.25, 0.3) is 0 Å². The normalized spacial score (nSPS) is 19.5. The molecule has 1 unspecified atom stereocenters. The molecule has 7 nitrogen and oxygen atoms in total. The van der Waals surface area contributed by atoms with Gasteiger partial charge in [0.05, 0.1) is 6.54 Å². The Kier molecular flexibility index (Phi) is 10.7. The SMILES string of the molecule is CCNC(=NCC1Cc2ccccc2O1)NCCCCN1CCC(C(N)=O)CC1.I. The lowest BCUT2D eigenvalue weighted by Gasteiger charge is -2.30. The number of nitrogens with one attached hydrogen (secondary N) is 2. The number of unbranched alkanes of at least 4 members (excludes halogenated alkanes) is 1. The minimum Gasteiger partial charge on any atom is -0.488 e. The van der Waals surface area contributed by atoms with Crippen molar-refractivity contribution in [2.75, 3.05) is 39.3 Å². The number of benzene rings is 1. The van der Waals surface area contributed by atoms with Gasteiger partial charge < -0.3 is 26.0 Å². The van der Waals surface area contributed by atoms with E-state index in [0.717, 1.165) is 76.5 Å². The molecule has 30 heavy (non-hydrogen) atoms. The van der Waals surface area contributed by atoms with Crippen LogP contribution >= 0.6 is 24.0 Å². The molecule has 1 aromatic carbocycles. The number of fused-ring (bicyclic) bond motifs is 1. The van der Waals surface area contributed by atoms with Crippen molar-refractivity contribution in [2.45, 2.75) is 45.1 Å². The number of hydrogen-bond acceptors (Lipinski definition) is 4. The predicted molar refractivity (Wildman–Crippen MR) is 132 cm³/mol. The Balaban J connectivity index is 0.00000320. The van der Waals surface area contributed by atoms with Crippen LogP contribution in [0.1, 0.15) is 38.2 Å². The number of likely N-dealkylation sites (tertiary alicyclic amines) is 1. The number of nitrogens with zero attached hydrogens (tertiary/aromatic N) is 2. The molecule has 1 atom stereocenters. The predicted octanol–water partition coefficient (Wildman–Crippen LogP) is 2.14. The Morgan fingerprint density at radius 3 is 2.70 bits per heavy atom. The van der Waals surface area contributed by atoms with E-state index in [1.807, 2.05) is 12.1 Å². The van der Waals surface area contributed by atoms with E-state index >= 15 is 0 Å². The molecule has 1 saturated heterocycles. The maximum atomic E-state index is 11.2. The van der Waals surface area contributed by atoms with Crippen molar-refractivity contribution >= 4 is 35.8 Å². The largest absolute Gasteiger partial charge is 0.488 e. The van der Waals surface area contributed by atoms with Gasteiger partial charge in [0.1, 0.15) is 11.9 Å². The van der Waals surface area contributed by atoms with E-state index < -0.39 is 0 Å². The number of aliphatic imine (C=N–C) groups is 1. The Labute approximate surface area is 197 Å². The molecule has 2 aliphatic heterocycles. The Morgan fingerprint density at radius 1 is 1.23 bits per heavy atom. The second-order valence-corrected chi connectivity index (χ2v) is 7.92. The van der Waals surface area contributed by atoms with Crippen LogP contribution in [0.2, 0.25) is 0 Å². The summed E-state index contributed by atoms with van der Waals surface area (Å²) in [5.41, 5.74) is 6.67. The fourth-order valence-corrected chi connectivity index (χ4v) is 4.00. The van der Waals surface area contributed by atoms with Crippen LogP contribution in [-0.4, -0.2) is 62.1 Å². The van der Waals surface area contributed by atoms with Crippen LogP contribution in [0.3, 0.4) is 0 Å². The third-order valence-electron chi connectivity index (χ3n) is 5.69. The summed E-state index contributed by atoms with van der Waals surface area (Å²) in [5, 5.41) is 6.74. The van der Waals surface area contributed by atoms with Crippen LogP contribution in [0.4, 0.5) is 0 Å². The zero-order chi connectivity index (χ0) is 20.5. The lowest BCUT2D eigenvalue weighted by atomic mass is 9.96. The van der Waals surface area contributed by atoms with Crippen LogP contribution < -0.4 is 21.1 Å². The van der Waals surface area contributed by atoms with Gasteiger partial charge in [0, 0.05) is 25.4 Å². The summed E-state index contributed by atoms with van der Waals surface area (Å²) in [5.74, 6) is 1.78. The van der Waals surface area contributed by atoms with Crippen molar-refractivity contribution < 1.29 is 9.53 Å². The van der Waals surface area contributed by atoms with Crippen molar-refractivity contribution in [3.63, 3.8) is 0 Å². The first-order chi connectivity index (χ1) is 14.2. The lowest BCUT2D eigenvalue weighted by Crippen LogP contribution is -2.40. The molecule has 0 aromatic heterocycles. The zero-order valence-electron chi connectivity index (χ0n) is 17.9. The lowest BCUT2D eigenvalue weighted by molar-refractivity contribution is -0.123. The van der Waals surface area contributed by atoms with Crippen LogP contribution in [0.5, 0.6) is 5.75 Å². The molecular weight excluding hydrogens is 493 g/mol. The molecule has 0 spiro atoms. The number of piperidine rings is 1. The summed E-state index contributed by atoms with van der Waals surface area (Å²) in [6, 6.07) is 8.22. The van der Waals surface area contributed by atoms with Crippen LogP contribution in [-0.2, 0) is 11.2 Å². The van der Waals surface area contributed by atoms with Crippen molar-refractivity contribution in [2.24, 2.45) is 16.6 Å². The van der Waals surface area contributed by atoms with E-state index in [2.05, 4.69) is 34.6 Å². The second-order valence-electron chi connectivity index (χ2n) is 7.92. The summed E-state index contributed by atoms with van der Waals surface area (Å²) in [7, 11) is 0. The second kappa shape index (κ2) is 13.0. The van der Waals surface area contributed by atoms with Gasteiger partial charge in [-0.05, 0) is 63.9 Å². The molecule has 0 radical (unpaired) electrons. The zero-order valence-corrected chi connectivity index (χ0v) is 20.3. The first kappa shape index (κ1) is 24.7. The molecule has 8 heteroatoms. The fourth-order valence-electron chi connectivity index (χ4n) is 4.00. The fraction of sp³-hybridized carbons (Fsp3) is 0.636. The standard InChI is InChI=1S/C22H35N5O2.HI/c1-2-24-22(26-16-19-15-18-7-3-4-8-20(18)29-19)25-11-5-6-12-27-13-9-17(10-14-27)21(23)28;/h3-4,7-8,17,19H,2,5-6,9-16H2,1H3,(H2,23,28)(H2,24,25,26);1H. The Hall–Kier alpha value is -1.55. The molecular formula is C22H36IN5O2. The molecule has 1 fully saturated rings. The summed E-state index contributed by atoms with van der Waals surface area (Å²) in [4.78, 5) is 18.4. The maximum Gasteiger partial charge on any atom is 0.220 e. The average Bonchev–Trinajstić information content (AvgIpc) is 3.15. The van der Waals surface area contributed by atoms with Gasteiger partial charge >= 0.3 is 0 Å². The molecule has 0 aliphatic carbocycles. The number of para-hydroxylation sites is 1. The minimum atomic E-state index is -0.143. The van der Waals surface area contributed by atoms with E-state index in [9.17, 15) is 4.79 Å². The molecule has 1 aromatic rings. The van der Waals surface area contributed by atoms with Gasteiger partial charge in [0.15, 0.2) is 5.96 Å². The summed E-state index contributed by atoms with van der Waals surface area (Å²) in [6.45, 7) is 7.51. The van der Waals surface area contributed by atoms with E-state index in [4.69, 9.17) is 15.5 Å². The van der Waals surface area contributed by atoms with Crippen LogP contribution in [0, 0.1) is 5.92 Å². The highest BCUT2D eigenvalue weighted by atomic mass is 127. The maximum absolute atomic E-state index is 11.2. The molecule has 2 heterocycles. The molecule has 0 saturated carbocycles. The summed E-state index contributed by atoms with van der Waals surface area (Å²) in [6.07, 6.45) is 5.06. The number of primary amides is 1. The molecule has 0 bridgehead atoms. The molecule has 1 amide bonds. The number of carbonyl (C=O) groups is 1. The average molecular weight is 529 g/mol. The van der Waals surface area contributed by atoms with Gasteiger partial charge in [-0.15, -0.1) is 24.0 Å². The third-order valence-corrected chi connectivity index (χ3v) is 5.69. The van der Waals surface area contributed by atoms with Gasteiger partial charge in [0.2, 0.25) is 5.91 Å². The molecule has 4 N–H and O–H groups in total. The topological polar surface area (TPSA) is 92.0 Å². The van der Waals surface area contributed by atoms with Crippen LogP contribution in [0.25, 0.3) is 0 Å². The Morgan fingerprint density at radius 2 is 2.00 bits per heavy atom. The van der Waals surface area contributed by atoms with Crippen LogP contribution in [0.15, 0.2) is 29.3 Å². The smallest absolute Gasteiger partial charge is 0.220 e. The van der Waals surface area contributed by atoms with Gasteiger partial charge in [-0.25, -0.2) is 4.99 Å². The van der Waals surface area contributed by atoms with Crippen molar-refractivity contribution in [1.82, 2.24) is 15.5 Å². The van der Waals surface area contributed by atoms with E-state index in [0.29, 0.717) is 6.54 Å². The molecule has 168 valence electrons. The van der Waals surface area contributed by atoms with Gasteiger partial charge in [-0.3, -0.25) is 4.79 Å². The minimum absolute atomic E-state index is 0. The van der Waals surface area contributed by atoms with E-state index in [-0.39, 0.29) is 41.9 Å². The number of ether oxygens (including phenoxy) is 1. The number of halogens is 1. The number of rotatable bonds is 9. The van der Waals surface area contributed by atoms with Crippen molar-refractivity contribution in [1.29, 1.82) is 0 Å². The molecule has 3 rings (SSSR count). The van der Waals surface area contributed by atoms with Crippen molar-refractivity contribution in [3.05, 3.63) is 29.8 Å². The quantitative estimate of drug-likeness (QED) is 0.197. The highest BCUT2D eigenvalue weighted by Crippen LogP contribution is 2.28. The number of nitrogens with two attached hydrogens (primary N) is 1. The molecule has 2 aliphatic rings. The van der Waals surface area contributed by atoms with Gasteiger partial charge in [-0.1, -0.05) is 18.2 Å².